The van der Waals surface area contributed by atoms with E-state index in [-0.39, 0.29) is 11.8 Å². The van der Waals surface area contributed by atoms with Gasteiger partial charge in [0.05, 0.1) is 16.4 Å². The first-order valence-electron chi connectivity index (χ1n) is 8.08. The van der Waals surface area contributed by atoms with Crippen molar-refractivity contribution in [1.82, 2.24) is 0 Å². The molecule has 5 nitrogen and oxygen atoms in total. The van der Waals surface area contributed by atoms with Crippen molar-refractivity contribution in [3.8, 4) is 5.75 Å². The van der Waals surface area contributed by atoms with Crippen LogP contribution in [-0.4, -0.2) is 23.5 Å². The molecule has 136 valence electrons. The number of nitrogens with zero attached hydrogens (tertiary/aromatic N) is 1. The topological polar surface area (TPSA) is 58.6 Å². The second kappa shape index (κ2) is 6.82. The van der Waals surface area contributed by atoms with E-state index < -0.39 is 11.6 Å². The maximum absolute atomic E-state index is 13.2. The van der Waals surface area contributed by atoms with Crippen molar-refractivity contribution in [3.05, 3.63) is 52.5 Å². The number of rotatable bonds is 3. The first kappa shape index (κ1) is 18.5. The number of fused-ring (bicyclic) bond motifs is 1. The van der Waals surface area contributed by atoms with Crippen LogP contribution >= 0.6 is 23.2 Å². The highest BCUT2D eigenvalue weighted by molar-refractivity contribution is 6.34. The van der Waals surface area contributed by atoms with E-state index >= 15 is 0 Å². The van der Waals surface area contributed by atoms with Crippen LogP contribution in [0.5, 0.6) is 5.75 Å². The van der Waals surface area contributed by atoms with Gasteiger partial charge in [0, 0.05) is 11.1 Å². The molecule has 0 saturated carbocycles. The zero-order chi connectivity index (χ0) is 19.1. The fourth-order valence-electron chi connectivity index (χ4n) is 2.84. The molecule has 1 heterocycles. The maximum atomic E-state index is 13.2. The van der Waals surface area contributed by atoms with Crippen LogP contribution in [0.25, 0.3) is 0 Å². The van der Waals surface area contributed by atoms with Crippen LogP contribution in [0.15, 0.2) is 42.5 Å². The summed E-state index contributed by atoms with van der Waals surface area (Å²) in [5.41, 5.74) is 0.133. The van der Waals surface area contributed by atoms with E-state index in [0.29, 0.717) is 27.2 Å². The summed E-state index contributed by atoms with van der Waals surface area (Å²) in [6.45, 7) is 5.00. The second-order valence-electron chi connectivity index (χ2n) is 6.54. The summed E-state index contributed by atoms with van der Waals surface area (Å²) in [6.07, 6.45) is -0.871. The van der Waals surface area contributed by atoms with Crippen molar-refractivity contribution < 1.29 is 14.3 Å². The number of carbonyl (C=O) groups is 2. The lowest BCUT2D eigenvalue weighted by molar-refractivity contribution is -0.130. The molecule has 0 spiro atoms. The predicted molar refractivity (Wildman–Crippen MR) is 103 cm³/mol. The number of carbonyl (C=O) groups excluding carboxylic acids is 2. The molecule has 1 N–H and O–H groups in total. The molecule has 2 aromatic rings. The number of halogens is 2. The van der Waals surface area contributed by atoms with E-state index in [0.717, 1.165) is 0 Å². The highest BCUT2D eigenvalue weighted by Crippen LogP contribution is 2.37. The molecule has 0 aromatic heterocycles. The van der Waals surface area contributed by atoms with E-state index in [4.69, 9.17) is 27.9 Å². The number of nitrogens with one attached hydrogen (secondary N) is 1. The Bertz CT molecular complexity index is 883. The summed E-state index contributed by atoms with van der Waals surface area (Å²) in [5.74, 6) is -0.307. The number of benzene rings is 2. The minimum Gasteiger partial charge on any atom is -0.479 e. The molecule has 1 atom stereocenters. The van der Waals surface area contributed by atoms with Gasteiger partial charge in [-0.15, -0.1) is 0 Å². The summed E-state index contributed by atoms with van der Waals surface area (Å²) >= 11 is 12.1. The molecule has 1 aliphatic rings. The fourth-order valence-corrected chi connectivity index (χ4v) is 3.16. The van der Waals surface area contributed by atoms with Gasteiger partial charge < -0.3 is 10.1 Å². The van der Waals surface area contributed by atoms with Crippen LogP contribution in [0, 0.1) is 0 Å². The molecule has 0 fully saturated rings. The van der Waals surface area contributed by atoms with Gasteiger partial charge in [-0.2, -0.15) is 0 Å². The molecule has 1 aliphatic heterocycles. The third-order valence-electron chi connectivity index (χ3n) is 4.27. The van der Waals surface area contributed by atoms with Gasteiger partial charge in [0.2, 0.25) is 5.91 Å². The number of para-hydroxylation sites is 2. The van der Waals surface area contributed by atoms with E-state index in [1.54, 1.807) is 57.2 Å². The van der Waals surface area contributed by atoms with E-state index in [9.17, 15) is 9.59 Å². The summed E-state index contributed by atoms with van der Waals surface area (Å²) < 4.78 is 5.75. The highest BCUT2D eigenvalue weighted by Gasteiger charge is 2.45. The monoisotopic (exact) mass is 392 g/mol. The first-order chi connectivity index (χ1) is 12.2. The number of amides is 2. The van der Waals surface area contributed by atoms with Crippen LogP contribution in [-0.2, 0) is 9.59 Å². The van der Waals surface area contributed by atoms with Crippen molar-refractivity contribution in [2.45, 2.75) is 32.4 Å². The number of hydrogen-bond donors (Lipinski definition) is 1. The third-order valence-corrected chi connectivity index (χ3v) is 4.82. The fraction of sp³-hybridized carbons (Fsp3) is 0.263. The van der Waals surface area contributed by atoms with E-state index in [1.807, 2.05) is 6.07 Å². The molecular weight excluding hydrogens is 375 g/mol. The van der Waals surface area contributed by atoms with Gasteiger partial charge in [-0.1, -0.05) is 35.3 Å². The van der Waals surface area contributed by atoms with Crippen molar-refractivity contribution in [3.63, 3.8) is 0 Å². The van der Waals surface area contributed by atoms with Gasteiger partial charge in [-0.05, 0) is 45.0 Å². The Balaban J connectivity index is 1.94. The SMILES string of the molecule is C[C@@H](Oc1cc(Cl)ccc1Cl)C(=O)N1c2ccccc2NC(=O)C1(C)C. The summed E-state index contributed by atoms with van der Waals surface area (Å²) in [6, 6.07) is 11.9. The van der Waals surface area contributed by atoms with Gasteiger partial charge in [0.15, 0.2) is 6.10 Å². The molecular formula is C19H18Cl2N2O3. The van der Waals surface area contributed by atoms with Crippen molar-refractivity contribution >= 4 is 46.4 Å². The van der Waals surface area contributed by atoms with Gasteiger partial charge in [0.25, 0.3) is 5.91 Å². The van der Waals surface area contributed by atoms with Crippen LogP contribution in [0.1, 0.15) is 20.8 Å². The summed E-state index contributed by atoms with van der Waals surface area (Å²) in [4.78, 5) is 27.1. The van der Waals surface area contributed by atoms with E-state index in [1.165, 1.54) is 4.90 Å². The Hall–Kier alpha value is -2.24. The molecule has 7 heteroatoms. The van der Waals surface area contributed by atoms with Crippen LogP contribution in [0.3, 0.4) is 0 Å². The Kier molecular flexibility index (Phi) is 4.86. The summed E-state index contributed by atoms with van der Waals surface area (Å²) in [5, 5.41) is 3.63. The Morgan fingerprint density at radius 3 is 2.62 bits per heavy atom. The Morgan fingerprint density at radius 2 is 1.88 bits per heavy atom. The molecule has 3 rings (SSSR count). The lowest BCUT2D eigenvalue weighted by Gasteiger charge is -2.42. The molecule has 0 bridgehead atoms. The lowest BCUT2D eigenvalue weighted by atomic mass is 9.95. The zero-order valence-corrected chi connectivity index (χ0v) is 16.1. The van der Waals surface area contributed by atoms with Crippen LogP contribution in [0.4, 0.5) is 11.4 Å². The van der Waals surface area contributed by atoms with Crippen LogP contribution in [0.2, 0.25) is 10.0 Å². The van der Waals surface area contributed by atoms with Crippen molar-refractivity contribution in [2.24, 2.45) is 0 Å². The molecule has 0 radical (unpaired) electrons. The minimum absolute atomic E-state index is 0.266. The van der Waals surface area contributed by atoms with Gasteiger partial charge in [0.1, 0.15) is 11.3 Å². The van der Waals surface area contributed by atoms with Crippen LogP contribution < -0.4 is 15.0 Å². The van der Waals surface area contributed by atoms with Crippen molar-refractivity contribution in [1.29, 1.82) is 0 Å². The minimum atomic E-state index is -1.07. The molecule has 2 aromatic carbocycles. The molecule has 2 amide bonds. The zero-order valence-electron chi connectivity index (χ0n) is 14.5. The molecule has 0 unspecified atom stereocenters. The average Bonchev–Trinajstić information content (AvgIpc) is 2.58. The smallest absolute Gasteiger partial charge is 0.268 e. The number of ether oxygens (including phenoxy) is 1. The second-order valence-corrected chi connectivity index (χ2v) is 7.38. The van der Waals surface area contributed by atoms with Crippen molar-refractivity contribution in [2.75, 3.05) is 10.2 Å². The van der Waals surface area contributed by atoms with Gasteiger partial charge >= 0.3 is 0 Å². The summed E-state index contributed by atoms with van der Waals surface area (Å²) in [7, 11) is 0. The normalized spacial score (nSPS) is 16.5. The Morgan fingerprint density at radius 1 is 1.19 bits per heavy atom. The first-order valence-corrected chi connectivity index (χ1v) is 8.83. The number of anilines is 2. The van der Waals surface area contributed by atoms with Gasteiger partial charge in [-0.25, -0.2) is 0 Å². The largest absolute Gasteiger partial charge is 0.479 e. The Labute approximate surface area is 161 Å². The molecule has 0 saturated heterocycles. The average molecular weight is 393 g/mol. The standard InChI is InChI=1S/C19H18Cl2N2O3/c1-11(26-16-10-12(20)8-9-13(16)21)17(24)23-15-7-5-4-6-14(15)22-18(25)19(23,2)3/h4-11H,1-3H3,(H,22,25)/t11-/m1/s1. The van der Waals surface area contributed by atoms with E-state index in [2.05, 4.69) is 5.32 Å². The lowest BCUT2D eigenvalue weighted by Crippen LogP contribution is -2.60. The molecule has 0 aliphatic carbocycles. The molecule has 26 heavy (non-hydrogen) atoms. The quantitative estimate of drug-likeness (QED) is 0.834. The third kappa shape index (κ3) is 3.24. The number of hydrogen-bond acceptors (Lipinski definition) is 3. The highest BCUT2D eigenvalue weighted by atomic mass is 35.5. The predicted octanol–water partition coefficient (Wildman–Crippen LogP) is 4.52. The maximum Gasteiger partial charge on any atom is 0.268 e. The van der Waals surface area contributed by atoms with Gasteiger partial charge in [-0.3, -0.25) is 14.5 Å².